The van der Waals surface area contributed by atoms with Crippen LogP contribution in [-0.4, -0.2) is 68.1 Å². The Morgan fingerprint density at radius 2 is 2.20 bits per heavy atom. The summed E-state index contributed by atoms with van der Waals surface area (Å²) in [5, 5.41) is 11.0. The molecule has 1 atom stereocenters. The van der Waals surface area contributed by atoms with Crippen molar-refractivity contribution in [1.82, 2.24) is 24.8 Å². The fourth-order valence-corrected chi connectivity index (χ4v) is 3.18. The third-order valence-corrected chi connectivity index (χ3v) is 4.30. The highest BCUT2D eigenvalue weighted by Gasteiger charge is 2.36. The molecule has 132 valence electrons. The monoisotopic (exact) mass is 342 g/mol. The van der Waals surface area contributed by atoms with Crippen molar-refractivity contribution in [2.75, 3.05) is 31.6 Å². The number of aromatic nitrogens is 4. The Labute approximate surface area is 146 Å². The van der Waals surface area contributed by atoms with Crippen LogP contribution in [-0.2, 0) is 0 Å². The first kappa shape index (κ1) is 17.2. The van der Waals surface area contributed by atoms with E-state index >= 15 is 0 Å². The molecular weight excluding hydrogens is 320 g/mol. The molecule has 0 bridgehead atoms. The van der Waals surface area contributed by atoms with Gasteiger partial charge in [0, 0.05) is 38.7 Å². The van der Waals surface area contributed by atoms with Gasteiger partial charge in [0.25, 0.3) is 5.91 Å². The normalized spacial score (nSPS) is 20.4. The average molecular weight is 342 g/mol. The summed E-state index contributed by atoms with van der Waals surface area (Å²) >= 11 is 0. The molecule has 0 aromatic carbocycles. The largest absolute Gasteiger partial charge is 0.386 e. The number of carbonyl (C=O) groups excluding carboxylic acids is 1. The fraction of sp³-hybridized carbons (Fsp3) is 0.471. The lowest BCUT2D eigenvalue weighted by Gasteiger charge is -2.41. The molecule has 1 amide bonds. The summed E-state index contributed by atoms with van der Waals surface area (Å²) < 4.78 is 0. The molecule has 8 heteroatoms. The summed E-state index contributed by atoms with van der Waals surface area (Å²) in [6.07, 6.45) is 7.95. The highest BCUT2D eigenvalue weighted by Crippen LogP contribution is 2.25. The van der Waals surface area contributed by atoms with E-state index in [9.17, 15) is 9.90 Å². The Morgan fingerprint density at radius 1 is 1.36 bits per heavy atom. The smallest absolute Gasteiger partial charge is 0.272 e. The number of nitrogens with zero attached hydrogens (tertiary/aromatic N) is 6. The van der Waals surface area contributed by atoms with E-state index in [0.717, 1.165) is 18.8 Å². The van der Waals surface area contributed by atoms with E-state index < -0.39 is 5.60 Å². The molecule has 1 aliphatic rings. The maximum atomic E-state index is 12.6. The van der Waals surface area contributed by atoms with E-state index in [1.54, 1.807) is 44.8 Å². The summed E-state index contributed by atoms with van der Waals surface area (Å²) in [5.74, 6) is 1.06. The van der Waals surface area contributed by atoms with E-state index in [1.807, 2.05) is 4.90 Å². The van der Waals surface area contributed by atoms with Gasteiger partial charge in [-0.25, -0.2) is 15.0 Å². The van der Waals surface area contributed by atoms with E-state index in [-0.39, 0.29) is 12.5 Å². The number of likely N-dealkylation sites (N-methyl/N-ethyl adjacent to an activating group) is 1. The lowest BCUT2D eigenvalue weighted by atomic mass is 9.92. The first-order chi connectivity index (χ1) is 12.0. The third kappa shape index (κ3) is 4.08. The van der Waals surface area contributed by atoms with Crippen molar-refractivity contribution in [2.45, 2.75) is 25.4 Å². The van der Waals surface area contributed by atoms with Gasteiger partial charge in [-0.3, -0.25) is 9.78 Å². The van der Waals surface area contributed by atoms with Crippen LogP contribution in [0.5, 0.6) is 0 Å². The molecule has 2 aromatic heterocycles. The van der Waals surface area contributed by atoms with Gasteiger partial charge in [-0.2, -0.15) is 0 Å². The van der Waals surface area contributed by atoms with Crippen LogP contribution in [0.15, 0.2) is 30.9 Å². The molecule has 1 aliphatic heterocycles. The van der Waals surface area contributed by atoms with Gasteiger partial charge in [-0.15, -0.1) is 0 Å². The number of hydrogen-bond acceptors (Lipinski definition) is 7. The molecule has 1 unspecified atom stereocenters. The molecule has 1 fully saturated rings. The topological polar surface area (TPSA) is 95.3 Å². The summed E-state index contributed by atoms with van der Waals surface area (Å²) in [7, 11) is 1.68. The summed E-state index contributed by atoms with van der Waals surface area (Å²) in [6, 6.07) is 1.59. The number of carbonyl (C=O) groups is 1. The molecule has 1 saturated heterocycles. The number of β-amino-alcohol motifs (C(OH)–C–C–N with tert-alkyl or cyclic N) is 1. The van der Waals surface area contributed by atoms with Crippen molar-refractivity contribution in [1.29, 1.82) is 0 Å². The zero-order valence-electron chi connectivity index (χ0n) is 14.5. The Bertz CT molecular complexity index is 741. The van der Waals surface area contributed by atoms with Gasteiger partial charge in [-0.1, -0.05) is 0 Å². The number of rotatable bonds is 4. The predicted molar refractivity (Wildman–Crippen MR) is 92.2 cm³/mol. The zero-order valence-corrected chi connectivity index (χ0v) is 14.5. The van der Waals surface area contributed by atoms with E-state index in [2.05, 4.69) is 19.9 Å². The molecular formula is C17H22N6O2. The molecule has 8 nitrogen and oxygen atoms in total. The quantitative estimate of drug-likeness (QED) is 0.873. The fourth-order valence-electron chi connectivity index (χ4n) is 3.18. The van der Waals surface area contributed by atoms with Gasteiger partial charge < -0.3 is 14.9 Å². The number of amides is 1. The van der Waals surface area contributed by atoms with Gasteiger partial charge >= 0.3 is 0 Å². The minimum Gasteiger partial charge on any atom is -0.386 e. The van der Waals surface area contributed by atoms with Gasteiger partial charge in [0.05, 0.1) is 18.3 Å². The Balaban J connectivity index is 1.69. The van der Waals surface area contributed by atoms with E-state index in [4.69, 9.17) is 0 Å². The molecule has 3 rings (SSSR count). The third-order valence-electron chi connectivity index (χ3n) is 4.30. The molecule has 0 saturated carbocycles. The highest BCUT2D eigenvalue weighted by molar-refractivity contribution is 5.92. The van der Waals surface area contributed by atoms with Crippen LogP contribution in [0.25, 0.3) is 0 Å². The summed E-state index contributed by atoms with van der Waals surface area (Å²) in [5.41, 5.74) is -0.664. The minimum atomic E-state index is -0.998. The van der Waals surface area contributed by atoms with Gasteiger partial charge in [0.15, 0.2) is 0 Å². The van der Waals surface area contributed by atoms with Gasteiger partial charge in [-0.05, 0) is 25.8 Å². The number of anilines is 1. The molecule has 0 spiro atoms. The van der Waals surface area contributed by atoms with Crippen molar-refractivity contribution in [2.24, 2.45) is 0 Å². The summed E-state index contributed by atoms with van der Waals surface area (Å²) in [6.45, 7) is 3.19. The van der Waals surface area contributed by atoms with Crippen LogP contribution >= 0.6 is 0 Å². The van der Waals surface area contributed by atoms with Crippen LogP contribution in [0.2, 0.25) is 0 Å². The second-order valence-corrected chi connectivity index (χ2v) is 6.46. The van der Waals surface area contributed by atoms with Crippen LogP contribution in [0.3, 0.4) is 0 Å². The van der Waals surface area contributed by atoms with Crippen molar-refractivity contribution in [3.05, 3.63) is 42.4 Å². The van der Waals surface area contributed by atoms with Crippen molar-refractivity contribution < 1.29 is 9.90 Å². The first-order valence-electron chi connectivity index (χ1n) is 8.25. The molecule has 1 N–H and O–H groups in total. The maximum absolute atomic E-state index is 12.6. The van der Waals surface area contributed by atoms with Crippen molar-refractivity contribution >= 4 is 11.7 Å². The van der Waals surface area contributed by atoms with Crippen LogP contribution < -0.4 is 4.90 Å². The number of aliphatic hydroxyl groups is 1. The predicted octanol–water partition coefficient (Wildman–Crippen LogP) is 0.679. The van der Waals surface area contributed by atoms with Crippen LogP contribution in [0.1, 0.15) is 29.2 Å². The van der Waals surface area contributed by atoms with E-state index in [0.29, 0.717) is 24.5 Å². The summed E-state index contributed by atoms with van der Waals surface area (Å²) in [4.78, 5) is 32.6. The lowest BCUT2D eigenvalue weighted by Crippen LogP contribution is -2.55. The Kier molecular flexibility index (Phi) is 4.89. The van der Waals surface area contributed by atoms with Gasteiger partial charge in [0.2, 0.25) is 0 Å². The minimum absolute atomic E-state index is 0.226. The first-order valence-corrected chi connectivity index (χ1v) is 8.25. The Hall–Kier alpha value is -2.61. The zero-order chi connectivity index (χ0) is 17.9. The molecule has 3 heterocycles. The lowest BCUT2D eigenvalue weighted by molar-refractivity contribution is -0.000297. The number of hydrogen-bond donors (Lipinski definition) is 1. The number of aryl methyl sites for hydroxylation is 1. The number of piperidine rings is 1. The molecule has 0 aliphatic carbocycles. The molecule has 25 heavy (non-hydrogen) atoms. The molecule has 2 aromatic rings. The molecule has 0 radical (unpaired) electrons. The van der Waals surface area contributed by atoms with Crippen LogP contribution in [0, 0.1) is 6.92 Å². The van der Waals surface area contributed by atoms with Crippen molar-refractivity contribution in [3.63, 3.8) is 0 Å². The highest BCUT2D eigenvalue weighted by atomic mass is 16.3. The maximum Gasteiger partial charge on any atom is 0.272 e. The van der Waals surface area contributed by atoms with Crippen molar-refractivity contribution in [3.8, 4) is 0 Å². The average Bonchev–Trinajstić information content (AvgIpc) is 2.61. The van der Waals surface area contributed by atoms with E-state index in [1.165, 1.54) is 4.90 Å². The SMILES string of the molecule is Cc1nccc(C(=O)N(C)CC2(O)CCCN(c3cnccn3)C2)n1. The van der Waals surface area contributed by atoms with Crippen LogP contribution in [0.4, 0.5) is 5.82 Å². The van der Waals surface area contributed by atoms with Gasteiger partial charge in [0.1, 0.15) is 17.3 Å². The second kappa shape index (κ2) is 7.10. The standard InChI is InChI=1S/C17H22N6O2/c1-13-19-6-4-14(21-13)16(24)22(2)11-17(25)5-3-9-23(12-17)15-10-18-7-8-20-15/h4,6-8,10,25H,3,5,9,11-12H2,1-2H3. The Morgan fingerprint density at radius 3 is 2.92 bits per heavy atom. The second-order valence-electron chi connectivity index (χ2n) is 6.46.